The molecule has 1 aromatic carbocycles. The summed E-state index contributed by atoms with van der Waals surface area (Å²) in [6, 6.07) is 4.62. The summed E-state index contributed by atoms with van der Waals surface area (Å²) >= 11 is 1.91. The molecule has 2 nitrogen and oxygen atoms in total. The summed E-state index contributed by atoms with van der Waals surface area (Å²) in [6.45, 7) is 0. The molecule has 0 bridgehead atoms. The van der Waals surface area contributed by atoms with Crippen LogP contribution in [-0.2, 0) is 6.42 Å². The number of alkyl halides is 7. The van der Waals surface area contributed by atoms with Gasteiger partial charge in [0.15, 0.2) is 0 Å². The van der Waals surface area contributed by atoms with Gasteiger partial charge >= 0.3 is 18.0 Å². The SMILES string of the molecule is O=C([O-])c1cc(I)ccc1CCCCC=CC(F)(C(F)(F)F)C(F)(F)F. The normalized spacial score (nSPS) is 13.4. The molecule has 0 atom stereocenters. The third-order valence-electron chi connectivity index (χ3n) is 3.53. The van der Waals surface area contributed by atoms with E-state index >= 15 is 0 Å². The molecule has 0 saturated heterocycles. The third-order valence-corrected chi connectivity index (χ3v) is 4.20. The highest BCUT2D eigenvalue weighted by Gasteiger charge is 2.70. The number of carbonyl (C=O) groups excluding carboxylic acids is 1. The molecule has 0 aliphatic carbocycles. The van der Waals surface area contributed by atoms with Gasteiger partial charge in [0.25, 0.3) is 0 Å². The number of allylic oxidation sites excluding steroid dienone is 2. The zero-order chi connectivity index (χ0) is 20.2. The Morgan fingerprint density at radius 2 is 1.62 bits per heavy atom. The van der Waals surface area contributed by atoms with Crippen LogP contribution in [0, 0.1) is 3.57 Å². The molecule has 0 unspecified atom stereocenters. The van der Waals surface area contributed by atoms with E-state index in [1.165, 1.54) is 6.07 Å². The predicted octanol–water partition coefficient (Wildman–Crippen LogP) is 4.76. The van der Waals surface area contributed by atoms with Gasteiger partial charge in [-0.05, 0) is 72.0 Å². The van der Waals surface area contributed by atoms with Crippen molar-refractivity contribution in [3.63, 3.8) is 0 Å². The molecular weight excluding hydrogens is 484 g/mol. The molecule has 10 heteroatoms. The standard InChI is InChI=1S/C16H14F7IO2/c17-14(15(18,19)20,16(21,22)23)8-4-2-1-3-5-10-6-7-11(24)9-12(10)13(25)26/h4,6-9H,1-3,5H2,(H,25,26)/p-1. The lowest BCUT2D eigenvalue weighted by molar-refractivity contribution is -0.322. The van der Waals surface area contributed by atoms with Gasteiger partial charge in [0, 0.05) is 9.13 Å². The average Bonchev–Trinajstić information content (AvgIpc) is 2.49. The summed E-state index contributed by atoms with van der Waals surface area (Å²) in [5.74, 6) is -1.38. The van der Waals surface area contributed by atoms with Gasteiger partial charge in [0.05, 0.1) is 5.97 Å². The molecule has 1 rings (SSSR count). The highest BCUT2D eigenvalue weighted by molar-refractivity contribution is 14.1. The summed E-state index contributed by atoms with van der Waals surface area (Å²) < 4.78 is 88.1. The lowest BCUT2D eigenvalue weighted by atomic mass is 10.0. The number of carboxylic acid groups (broad SMARTS) is 1. The smallest absolute Gasteiger partial charge is 0.435 e. The molecule has 1 aromatic rings. The van der Waals surface area contributed by atoms with E-state index in [0.717, 1.165) is 0 Å². The molecular formula is C16H13F7IO2-. The first kappa shape index (κ1) is 22.7. The maximum Gasteiger partial charge on any atom is 0.435 e. The first-order chi connectivity index (χ1) is 11.8. The molecule has 0 aromatic heterocycles. The van der Waals surface area contributed by atoms with Gasteiger partial charge in [-0.1, -0.05) is 12.1 Å². The molecule has 0 fully saturated rings. The minimum absolute atomic E-state index is 0.0237. The number of aryl methyl sites for hydroxylation is 1. The van der Waals surface area contributed by atoms with Crippen LogP contribution < -0.4 is 5.11 Å². The molecule has 0 radical (unpaired) electrons. The molecule has 0 spiro atoms. The van der Waals surface area contributed by atoms with Gasteiger partial charge in [0.2, 0.25) is 0 Å². The maximum absolute atomic E-state index is 13.3. The number of hydrogen-bond donors (Lipinski definition) is 0. The van der Waals surface area contributed by atoms with E-state index in [0.29, 0.717) is 21.6 Å². The number of carbonyl (C=O) groups is 1. The quantitative estimate of drug-likeness (QED) is 0.236. The summed E-state index contributed by atoms with van der Waals surface area (Å²) in [4.78, 5) is 11.0. The molecule has 0 aliphatic rings. The van der Waals surface area contributed by atoms with Crippen LogP contribution >= 0.6 is 22.6 Å². The van der Waals surface area contributed by atoms with E-state index in [-0.39, 0.29) is 24.8 Å². The highest BCUT2D eigenvalue weighted by atomic mass is 127. The minimum Gasteiger partial charge on any atom is -0.545 e. The number of rotatable bonds is 7. The van der Waals surface area contributed by atoms with Crippen LogP contribution in [0.1, 0.15) is 35.2 Å². The van der Waals surface area contributed by atoms with E-state index in [1.54, 1.807) is 12.1 Å². The summed E-state index contributed by atoms with van der Waals surface area (Å²) in [5, 5.41) is 11.0. The van der Waals surface area contributed by atoms with Gasteiger partial charge < -0.3 is 9.90 Å². The Hall–Kier alpha value is -1.33. The number of unbranched alkanes of at least 4 members (excludes halogenated alkanes) is 2. The number of aromatic carboxylic acids is 1. The van der Waals surface area contributed by atoms with Crippen LogP contribution in [0.25, 0.3) is 0 Å². The third kappa shape index (κ3) is 5.58. The minimum atomic E-state index is -6.10. The second-order valence-corrected chi connectivity index (χ2v) is 6.69. The van der Waals surface area contributed by atoms with Crippen LogP contribution in [0.5, 0.6) is 0 Å². The zero-order valence-electron chi connectivity index (χ0n) is 13.1. The average molecular weight is 497 g/mol. The lowest BCUT2D eigenvalue weighted by Gasteiger charge is -2.26. The van der Waals surface area contributed by atoms with Gasteiger partial charge in [-0.15, -0.1) is 0 Å². The van der Waals surface area contributed by atoms with Gasteiger partial charge in [-0.2, -0.15) is 26.3 Å². The molecule has 0 heterocycles. The van der Waals surface area contributed by atoms with Crippen molar-refractivity contribution in [2.75, 3.05) is 0 Å². The Balaban J connectivity index is 2.65. The van der Waals surface area contributed by atoms with Crippen LogP contribution in [-0.4, -0.2) is 24.0 Å². The first-order valence-electron chi connectivity index (χ1n) is 7.29. The zero-order valence-corrected chi connectivity index (χ0v) is 15.2. The lowest BCUT2D eigenvalue weighted by Crippen LogP contribution is -2.51. The Bertz CT molecular complexity index is 652. The highest BCUT2D eigenvalue weighted by Crippen LogP contribution is 2.47. The summed E-state index contributed by atoms with van der Waals surface area (Å²) in [5.41, 5.74) is -4.97. The van der Waals surface area contributed by atoms with Gasteiger partial charge in [-0.25, -0.2) is 4.39 Å². The van der Waals surface area contributed by atoms with E-state index in [2.05, 4.69) is 0 Å². The fourth-order valence-corrected chi connectivity index (χ4v) is 2.62. The second kappa shape index (κ2) is 8.57. The molecule has 0 aliphatic heterocycles. The van der Waals surface area contributed by atoms with E-state index < -0.39 is 30.1 Å². The predicted molar refractivity (Wildman–Crippen MR) is 86.1 cm³/mol. The van der Waals surface area contributed by atoms with Crippen LogP contribution in [0.15, 0.2) is 30.4 Å². The topological polar surface area (TPSA) is 40.1 Å². The van der Waals surface area contributed by atoms with E-state index in [9.17, 15) is 40.6 Å². The monoisotopic (exact) mass is 497 g/mol. The van der Waals surface area contributed by atoms with Crippen molar-refractivity contribution in [1.82, 2.24) is 0 Å². The van der Waals surface area contributed by atoms with Crippen molar-refractivity contribution >= 4 is 28.6 Å². The largest absolute Gasteiger partial charge is 0.545 e. The number of carboxylic acids is 1. The maximum atomic E-state index is 13.3. The van der Waals surface area contributed by atoms with Crippen molar-refractivity contribution in [3.05, 3.63) is 45.0 Å². The fraction of sp³-hybridized carbons (Fsp3) is 0.438. The number of halogens is 8. The van der Waals surface area contributed by atoms with Gasteiger partial charge in [-0.3, -0.25) is 0 Å². The Kier molecular flexibility index (Phi) is 7.49. The van der Waals surface area contributed by atoms with Gasteiger partial charge in [0.1, 0.15) is 0 Å². The van der Waals surface area contributed by atoms with Crippen molar-refractivity contribution < 1.29 is 40.6 Å². The van der Waals surface area contributed by atoms with Crippen molar-refractivity contribution in [3.8, 4) is 0 Å². The van der Waals surface area contributed by atoms with Crippen molar-refractivity contribution in [2.24, 2.45) is 0 Å². The molecule has 146 valence electrons. The summed E-state index contributed by atoms with van der Waals surface area (Å²) in [7, 11) is 0. The van der Waals surface area contributed by atoms with Crippen LogP contribution in [0.2, 0.25) is 0 Å². The molecule has 0 N–H and O–H groups in total. The van der Waals surface area contributed by atoms with Crippen molar-refractivity contribution in [2.45, 2.75) is 43.7 Å². The second-order valence-electron chi connectivity index (χ2n) is 5.44. The van der Waals surface area contributed by atoms with Crippen LogP contribution in [0.4, 0.5) is 30.7 Å². The fourth-order valence-electron chi connectivity index (χ4n) is 2.13. The number of benzene rings is 1. The van der Waals surface area contributed by atoms with Crippen molar-refractivity contribution in [1.29, 1.82) is 0 Å². The Labute approximate surface area is 158 Å². The van der Waals surface area contributed by atoms with E-state index in [4.69, 9.17) is 0 Å². The molecule has 0 saturated carbocycles. The first-order valence-corrected chi connectivity index (χ1v) is 8.37. The Morgan fingerprint density at radius 3 is 2.12 bits per heavy atom. The van der Waals surface area contributed by atoms with E-state index in [1.807, 2.05) is 22.6 Å². The number of hydrogen-bond acceptors (Lipinski definition) is 2. The Morgan fingerprint density at radius 1 is 1.04 bits per heavy atom. The molecule has 26 heavy (non-hydrogen) atoms. The molecule has 0 amide bonds. The summed E-state index contributed by atoms with van der Waals surface area (Å²) in [6.07, 6.45) is -11.8. The van der Waals surface area contributed by atoms with Crippen LogP contribution in [0.3, 0.4) is 0 Å².